The maximum absolute atomic E-state index is 11.6. The third-order valence-electron chi connectivity index (χ3n) is 2.47. The predicted octanol–water partition coefficient (Wildman–Crippen LogP) is 2.99. The zero-order valence-corrected chi connectivity index (χ0v) is 12.4. The van der Waals surface area contributed by atoms with E-state index in [9.17, 15) is 4.79 Å². The molecule has 1 amide bonds. The molecule has 0 spiro atoms. The summed E-state index contributed by atoms with van der Waals surface area (Å²) < 4.78 is 5.53. The summed E-state index contributed by atoms with van der Waals surface area (Å²) in [4.78, 5) is 11.5. The van der Waals surface area contributed by atoms with E-state index in [-0.39, 0.29) is 10.7 Å². The first-order valence-corrected chi connectivity index (χ1v) is 7.12. The van der Waals surface area contributed by atoms with Gasteiger partial charge in [0, 0.05) is 6.54 Å². The molecular weight excluding hydrogens is 294 g/mol. The van der Waals surface area contributed by atoms with E-state index in [1.165, 1.54) is 0 Å². The summed E-state index contributed by atoms with van der Waals surface area (Å²) in [5, 5.41) is 2.88. The summed E-state index contributed by atoms with van der Waals surface area (Å²) >= 11 is 3.37. The number of alkyl halides is 1. The minimum absolute atomic E-state index is 0.0460. The molecule has 0 fully saturated rings. The average molecular weight is 314 g/mol. The third-order valence-corrected chi connectivity index (χ3v) is 3.94. The maximum atomic E-state index is 11.6. The largest absolute Gasteiger partial charge is 0.494 e. The van der Waals surface area contributed by atoms with Crippen LogP contribution in [-0.2, 0) is 4.79 Å². The quantitative estimate of drug-likeness (QED) is 0.621. The molecule has 3 nitrogen and oxygen atoms in total. The zero-order chi connectivity index (χ0) is 13.4. The average Bonchev–Trinajstić information content (AvgIpc) is 2.38. The number of hydrogen-bond acceptors (Lipinski definition) is 2. The second kappa shape index (κ2) is 8.14. The van der Waals surface area contributed by atoms with E-state index in [1.807, 2.05) is 44.2 Å². The summed E-state index contributed by atoms with van der Waals surface area (Å²) in [5.74, 6) is 1.21. The fourth-order valence-corrected chi connectivity index (χ4v) is 1.55. The van der Waals surface area contributed by atoms with E-state index in [4.69, 9.17) is 4.74 Å². The van der Waals surface area contributed by atoms with Gasteiger partial charge in [0.05, 0.1) is 11.4 Å². The number of ether oxygens (including phenoxy) is 1. The molecule has 0 radical (unpaired) electrons. The number of carbonyl (C=O) groups is 1. The first-order valence-electron chi connectivity index (χ1n) is 6.21. The van der Waals surface area contributed by atoms with E-state index in [1.54, 1.807) is 0 Å². The van der Waals surface area contributed by atoms with Crippen LogP contribution in [0.5, 0.6) is 5.75 Å². The number of halogens is 1. The normalized spacial score (nSPS) is 12.2. The molecule has 0 bridgehead atoms. The van der Waals surface area contributed by atoms with Crippen molar-refractivity contribution in [2.45, 2.75) is 25.1 Å². The SMILES string of the molecule is CC(C)C(Br)C(=O)NCCCOc1ccccc1. The monoisotopic (exact) mass is 313 g/mol. The molecule has 0 saturated heterocycles. The number of rotatable bonds is 7. The lowest BCUT2D eigenvalue weighted by molar-refractivity contribution is -0.121. The van der Waals surface area contributed by atoms with Gasteiger partial charge in [-0.15, -0.1) is 0 Å². The molecule has 0 aliphatic carbocycles. The molecule has 0 aliphatic rings. The minimum Gasteiger partial charge on any atom is -0.494 e. The van der Waals surface area contributed by atoms with Crippen LogP contribution in [0.4, 0.5) is 0 Å². The van der Waals surface area contributed by atoms with E-state index in [2.05, 4.69) is 21.2 Å². The fraction of sp³-hybridized carbons (Fsp3) is 0.500. The summed E-state index contributed by atoms with van der Waals surface area (Å²) in [6.07, 6.45) is 0.804. The Morgan fingerprint density at radius 2 is 2.00 bits per heavy atom. The molecule has 1 atom stereocenters. The van der Waals surface area contributed by atoms with Crippen LogP contribution in [-0.4, -0.2) is 23.9 Å². The predicted molar refractivity (Wildman–Crippen MR) is 77.1 cm³/mol. The molecule has 1 rings (SSSR count). The molecule has 1 N–H and O–H groups in total. The Morgan fingerprint density at radius 3 is 2.61 bits per heavy atom. The topological polar surface area (TPSA) is 38.3 Å². The summed E-state index contributed by atoms with van der Waals surface area (Å²) in [6, 6.07) is 9.68. The maximum Gasteiger partial charge on any atom is 0.234 e. The molecule has 1 unspecified atom stereocenters. The number of amides is 1. The van der Waals surface area contributed by atoms with Crippen molar-refractivity contribution in [3.8, 4) is 5.75 Å². The van der Waals surface area contributed by atoms with Crippen LogP contribution in [0, 0.1) is 5.92 Å². The molecule has 0 aromatic heterocycles. The molecule has 1 aromatic rings. The van der Waals surface area contributed by atoms with Crippen LogP contribution in [0.2, 0.25) is 0 Å². The molecular formula is C14H20BrNO2. The Morgan fingerprint density at radius 1 is 1.33 bits per heavy atom. The van der Waals surface area contributed by atoms with Crippen LogP contribution in [0.3, 0.4) is 0 Å². The van der Waals surface area contributed by atoms with Gasteiger partial charge in [-0.25, -0.2) is 0 Å². The van der Waals surface area contributed by atoms with Crippen molar-refractivity contribution in [1.82, 2.24) is 5.32 Å². The second-order valence-corrected chi connectivity index (χ2v) is 5.44. The van der Waals surface area contributed by atoms with Crippen molar-refractivity contribution < 1.29 is 9.53 Å². The van der Waals surface area contributed by atoms with Gasteiger partial charge in [-0.2, -0.15) is 0 Å². The molecule has 0 aliphatic heterocycles. The summed E-state index contributed by atoms with van der Waals surface area (Å²) in [6.45, 7) is 5.27. The Labute approximate surface area is 117 Å². The standard InChI is InChI=1S/C14H20BrNO2/c1-11(2)13(15)14(17)16-9-6-10-18-12-7-4-3-5-8-12/h3-5,7-8,11,13H,6,9-10H2,1-2H3,(H,16,17). The zero-order valence-electron chi connectivity index (χ0n) is 10.9. The lowest BCUT2D eigenvalue weighted by Crippen LogP contribution is -2.35. The highest BCUT2D eigenvalue weighted by molar-refractivity contribution is 9.10. The second-order valence-electron chi connectivity index (χ2n) is 4.45. The van der Waals surface area contributed by atoms with Gasteiger partial charge < -0.3 is 10.1 Å². The smallest absolute Gasteiger partial charge is 0.234 e. The van der Waals surface area contributed by atoms with Gasteiger partial charge in [0.1, 0.15) is 5.75 Å². The minimum atomic E-state index is -0.118. The van der Waals surface area contributed by atoms with Gasteiger partial charge in [0.2, 0.25) is 5.91 Å². The highest BCUT2D eigenvalue weighted by Gasteiger charge is 2.17. The van der Waals surface area contributed by atoms with E-state index in [0.29, 0.717) is 19.1 Å². The number of carbonyl (C=O) groups excluding carboxylic acids is 1. The van der Waals surface area contributed by atoms with Gasteiger partial charge in [-0.05, 0) is 24.5 Å². The van der Waals surface area contributed by atoms with E-state index in [0.717, 1.165) is 12.2 Å². The van der Waals surface area contributed by atoms with Crippen LogP contribution >= 0.6 is 15.9 Å². The van der Waals surface area contributed by atoms with Gasteiger partial charge in [-0.1, -0.05) is 48.0 Å². The first kappa shape index (κ1) is 15.0. The van der Waals surface area contributed by atoms with Crippen molar-refractivity contribution in [3.63, 3.8) is 0 Å². The molecule has 4 heteroatoms. The molecule has 18 heavy (non-hydrogen) atoms. The van der Waals surface area contributed by atoms with Gasteiger partial charge >= 0.3 is 0 Å². The van der Waals surface area contributed by atoms with Crippen molar-refractivity contribution >= 4 is 21.8 Å². The van der Waals surface area contributed by atoms with Crippen molar-refractivity contribution in [3.05, 3.63) is 30.3 Å². The Bertz CT molecular complexity index is 354. The molecule has 100 valence electrons. The van der Waals surface area contributed by atoms with Crippen molar-refractivity contribution in [1.29, 1.82) is 0 Å². The summed E-state index contributed by atoms with van der Waals surface area (Å²) in [7, 11) is 0. The number of para-hydroxylation sites is 1. The van der Waals surface area contributed by atoms with Crippen LogP contribution in [0.25, 0.3) is 0 Å². The number of nitrogens with one attached hydrogen (secondary N) is 1. The van der Waals surface area contributed by atoms with Crippen LogP contribution < -0.4 is 10.1 Å². The lowest BCUT2D eigenvalue weighted by atomic mass is 10.1. The highest BCUT2D eigenvalue weighted by Crippen LogP contribution is 2.11. The Balaban J connectivity index is 2.11. The fourth-order valence-electron chi connectivity index (χ4n) is 1.39. The number of hydrogen-bond donors (Lipinski definition) is 1. The third kappa shape index (κ3) is 5.54. The van der Waals surface area contributed by atoms with Crippen molar-refractivity contribution in [2.24, 2.45) is 5.92 Å². The van der Waals surface area contributed by atoms with E-state index >= 15 is 0 Å². The van der Waals surface area contributed by atoms with E-state index < -0.39 is 0 Å². The van der Waals surface area contributed by atoms with Crippen molar-refractivity contribution in [2.75, 3.05) is 13.2 Å². The highest BCUT2D eigenvalue weighted by atomic mass is 79.9. The van der Waals surface area contributed by atoms with Gasteiger partial charge in [0.25, 0.3) is 0 Å². The molecule has 0 heterocycles. The number of benzene rings is 1. The van der Waals surface area contributed by atoms with Crippen LogP contribution in [0.15, 0.2) is 30.3 Å². The molecule has 1 aromatic carbocycles. The Hall–Kier alpha value is -1.03. The van der Waals surface area contributed by atoms with Crippen LogP contribution in [0.1, 0.15) is 20.3 Å². The lowest BCUT2D eigenvalue weighted by Gasteiger charge is -2.13. The molecule has 0 saturated carbocycles. The first-order chi connectivity index (χ1) is 8.61. The Kier molecular flexibility index (Phi) is 6.80. The van der Waals surface area contributed by atoms with Gasteiger partial charge in [-0.3, -0.25) is 4.79 Å². The van der Waals surface area contributed by atoms with Gasteiger partial charge in [0.15, 0.2) is 0 Å². The summed E-state index contributed by atoms with van der Waals surface area (Å²) in [5.41, 5.74) is 0.